The third kappa shape index (κ3) is 6.27. The fourth-order valence-corrected chi connectivity index (χ4v) is 4.98. The monoisotopic (exact) mass is 543 g/mol. The SMILES string of the molecule is COc1ccc(N(CC(=O)N/N=C/c2cc(OC)c(OC)c(OC)c2)S(=O)(=O)c2ccccc2)c(OC)c1. The third-order valence-electron chi connectivity index (χ3n) is 5.36. The summed E-state index contributed by atoms with van der Waals surface area (Å²) in [5.74, 6) is 1.20. The van der Waals surface area contributed by atoms with Gasteiger partial charge in [0.15, 0.2) is 11.5 Å². The lowest BCUT2D eigenvalue weighted by atomic mass is 10.2. The molecular weight excluding hydrogens is 514 g/mol. The molecule has 0 aliphatic rings. The highest BCUT2D eigenvalue weighted by Gasteiger charge is 2.29. The van der Waals surface area contributed by atoms with Crippen molar-refractivity contribution in [2.24, 2.45) is 5.10 Å². The van der Waals surface area contributed by atoms with Crippen LogP contribution in [0, 0.1) is 0 Å². The second-order valence-electron chi connectivity index (χ2n) is 7.61. The fourth-order valence-electron chi connectivity index (χ4n) is 3.53. The van der Waals surface area contributed by atoms with Gasteiger partial charge in [-0.2, -0.15) is 5.10 Å². The molecule has 3 aromatic rings. The molecule has 0 saturated carbocycles. The zero-order valence-corrected chi connectivity index (χ0v) is 22.4. The van der Waals surface area contributed by atoms with Crippen molar-refractivity contribution in [1.82, 2.24) is 5.43 Å². The van der Waals surface area contributed by atoms with Crippen LogP contribution in [0.15, 0.2) is 70.7 Å². The predicted molar refractivity (Wildman–Crippen MR) is 142 cm³/mol. The normalized spacial score (nSPS) is 11.1. The first kappa shape index (κ1) is 28.1. The van der Waals surface area contributed by atoms with E-state index in [1.165, 1.54) is 66.0 Å². The molecule has 0 radical (unpaired) electrons. The Morgan fingerprint density at radius 1 is 0.842 bits per heavy atom. The van der Waals surface area contributed by atoms with Gasteiger partial charge < -0.3 is 23.7 Å². The van der Waals surface area contributed by atoms with Crippen molar-refractivity contribution in [2.45, 2.75) is 4.90 Å². The number of methoxy groups -OCH3 is 5. The maximum Gasteiger partial charge on any atom is 0.264 e. The molecule has 0 heterocycles. The highest BCUT2D eigenvalue weighted by Crippen LogP contribution is 2.38. The summed E-state index contributed by atoms with van der Waals surface area (Å²) in [6.07, 6.45) is 1.37. The number of ether oxygens (including phenoxy) is 5. The Kier molecular flexibility index (Phi) is 9.39. The van der Waals surface area contributed by atoms with E-state index < -0.39 is 22.5 Å². The van der Waals surface area contributed by atoms with E-state index in [-0.39, 0.29) is 16.3 Å². The van der Waals surface area contributed by atoms with E-state index in [9.17, 15) is 13.2 Å². The molecule has 12 heteroatoms. The van der Waals surface area contributed by atoms with Gasteiger partial charge in [-0.3, -0.25) is 9.10 Å². The van der Waals surface area contributed by atoms with Crippen LogP contribution in [-0.4, -0.2) is 62.6 Å². The molecule has 3 rings (SSSR count). The van der Waals surface area contributed by atoms with Gasteiger partial charge in [-0.1, -0.05) is 18.2 Å². The molecule has 11 nitrogen and oxygen atoms in total. The molecule has 0 bridgehead atoms. The van der Waals surface area contributed by atoms with Gasteiger partial charge in [0.1, 0.15) is 18.0 Å². The average molecular weight is 544 g/mol. The quantitative estimate of drug-likeness (QED) is 0.273. The van der Waals surface area contributed by atoms with Crippen LogP contribution in [0.25, 0.3) is 0 Å². The molecule has 0 saturated heterocycles. The number of hydrogen-bond donors (Lipinski definition) is 1. The van der Waals surface area contributed by atoms with Crippen LogP contribution in [0.4, 0.5) is 5.69 Å². The van der Waals surface area contributed by atoms with Crippen LogP contribution in [0.5, 0.6) is 28.7 Å². The molecule has 0 spiro atoms. The van der Waals surface area contributed by atoms with Crippen LogP contribution in [-0.2, 0) is 14.8 Å². The van der Waals surface area contributed by atoms with Crippen molar-refractivity contribution in [3.8, 4) is 28.7 Å². The maximum absolute atomic E-state index is 13.6. The molecular formula is C26H29N3O8S. The molecule has 0 aliphatic heterocycles. The van der Waals surface area contributed by atoms with Gasteiger partial charge in [0.05, 0.1) is 52.3 Å². The lowest BCUT2D eigenvalue weighted by Crippen LogP contribution is -2.39. The molecule has 3 aromatic carbocycles. The van der Waals surface area contributed by atoms with E-state index in [1.807, 2.05) is 0 Å². The largest absolute Gasteiger partial charge is 0.497 e. The van der Waals surface area contributed by atoms with Gasteiger partial charge in [-0.15, -0.1) is 0 Å². The van der Waals surface area contributed by atoms with Gasteiger partial charge in [-0.05, 0) is 36.4 Å². The van der Waals surface area contributed by atoms with E-state index >= 15 is 0 Å². The first-order valence-corrected chi connectivity index (χ1v) is 12.6. The number of nitrogens with one attached hydrogen (secondary N) is 1. The minimum absolute atomic E-state index is 0.00611. The summed E-state index contributed by atoms with van der Waals surface area (Å²) < 4.78 is 54.6. The zero-order valence-electron chi connectivity index (χ0n) is 21.6. The first-order valence-electron chi connectivity index (χ1n) is 11.2. The van der Waals surface area contributed by atoms with Crippen LogP contribution < -0.4 is 33.4 Å². The number of rotatable bonds is 12. The lowest BCUT2D eigenvalue weighted by molar-refractivity contribution is -0.119. The van der Waals surface area contributed by atoms with Gasteiger partial charge in [0, 0.05) is 11.6 Å². The number of anilines is 1. The van der Waals surface area contributed by atoms with E-state index in [4.69, 9.17) is 23.7 Å². The van der Waals surface area contributed by atoms with Crippen molar-refractivity contribution in [2.75, 3.05) is 46.4 Å². The standard InChI is InChI=1S/C26H29N3O8S/c1-33-19-11-12-21(22(15-19)34-2)29(38(31,32)20-9-7-6-8-10-20)17-25(30)28-27-16-18-13-23(35-3)26(37-5)24(14-18)36-4/h6-16H,17H2,1-5H3,(H,28,30)/b27-16+. The average Bonchev–Trinajstić information content (AvgIpc) is 2.95. The highest BCUT2D eigenvalue weighted by molar-refractivity contribution is 7.92. The minimum atomic E-state index is -4.15. The summed E-state index contributed by atoms with van der Waals surface area (Å²) in [7, 11) is 3.17. The van der Waals surface area contributed by atoms with Gasteiger partial charge in [0.2, 0.25) is 5.75 Å². The van der Waals surface area contributed by atoms with Crippen molar-refractivity contribution >= 4 is 27.8 Å². The number of hydrogen-bond acceptors (Lipinski definition) is 9. The van der Waals surface area contributed by atoms with E-state index in [0.29, 0.717) is 28.6 Å². The predicted octanol–water partition coefficient (Wildman–Crippen LogP) is 3.08. The number of sulfonamides is 1. The summed E-state index contributed by atoms with van der Waals surface area (Å²) in [5, 5.41) is 3.97. The van der Waals surface area contributed by atoms with Crippen LogP contribution in [0.1, 0.15) is 5.56 Å². The number of carbonyl (C=O) groups excluding carboxylic acids is 1. The Balaban J connectivity index is 1.91. The molecule has 0 aromatic heterocycles. The van der Waals surface area contributed by atoms with Gasteiger partial charge in [0.25, 0.3) is 15.9 Å². The number of amides is 1. The van der Waals surface area contributed by atoms with E-state index in [0.717, 1.165) is 4.31 Å². The molecule has 0 unspecified atom stereocenters. The Hall–Kier alpha value is -4.45. The van der Waals surface area contributed by atoms with E-state index in [2.05, 4.69) is 10.5 Å². The van der Waals surface area contributed by atoms with Crippen molar-refractivity contribution in [3.05, 3.63) is 66.2 Å². The number of benzene rings is 3. The molecule has 202 valence electrons. The molecule has 0 atom stereocenters. The Bertz CT molecular complexity index is 1370. The topological polar surface area (TPSA) is 125 Å². The summed E-state index contributed by atoms with van der Waals surface area (Å²) in [5.41, 5.74) is 3.06. The Morgan fingerprint density at radius 2 is 1.47 bits per heavy atom. The number of hydrazone groups is 1. The summed E-state index contributed by atoms with van der Waals surface area (Å²) in [6.45, 7) is -0.577. The van der Waals surface area contributed by atoms with Gasteiger partial charge >= 0.3 is 0 Å². The van der Waals surface area contributed by atoms with Crippen molar-refractivity contribution in [1.29, 1.82) is 0 Å². The Morgan fingerprint density at radius 3 is 2.03 bits per heavy atom. The third-order valence-corrected chi connectivity index (χ3v) is 7.14. The summed E-state index contributed by atoms with van der Waals surface area (Å²) in [4.78, 5) is 12.9. The molecule has 1 amide bonds. The summed E-state index contributed by atoms with van der Waals surface area (Å²) >= 11 is 0. The second-order valence-corrected chi connectivity index (χ2v) is 9.48. The molecule has 38 heavy (non-hydrogen) atoms. The summed E-state index contributed by atoms with van der Waals surface area (Å²) in [6, 6.07) is 15.7. The number of carbonyl (C=O) groups is 1. The smallest absolute Gasteiger partial charge is 0.264 e. The molecule has 0 fully saturated rings. The van der Waals surface area contributed by atoms with Crippen LogP contribution in [0.3, 0.4) is 0 Å². The lowest BCUT2D eigenvalue weighted by Gasteiger charge is -2.25. The Labute approximate surface area is 221 Å². The molecule has 1 N–H and O–H groups in total. The van der Waals surface area contributed by atoms with Crippen molar-refractivity contribution < 1.29 is 36.9 Å². The van der Waals surface area contributed by atoms with Crippen molar-refractivity contribution in [3.63, 3.8) is 0 Å². The molecule has 0 aliphatic carbocycles. The zero-order chi connectivity index (χ0) is 27.7. The van der Waals surface area contributed by atoms with Crippen LogP contribution in [0.2, 0.25) is 0 Å². The van der Waals surface area contributed by atoms with E-state index in [1.54, 1.807) is 36.4 Å². The minimum Gasteiger partial charge on any atom is -0.497 e. The number of nitrogens with zero attached hydrogens (tertiary/aromatic N) is 2. The van der Waals surface area contributed by atoms with Crippen LogP contribution >= 0.6 is 0 Å². The first-order chi connectivity index (χ1) is 18.3. The fraction of sp³-hybridized carbons (Fsp3) is 0.231. The second kappa shape index (κ2) is 12.7. The maximum atomic E-state index is 13.6. The highest BCUT2D eigenvalue weighted by atomic mass is 32.2. The van der Waals surface area contributed by atoms with Gasteiger partial charge in [-0.25, -0.2) is 13.8 Å².